The summed E-state index contributed by atoms with van der Waals surface area (Å²) in [6, 6.07) is 5.46. The lowest BCUT2D eigenvalue weighted by molar-refractivity contribution is 0.0698. The quantitative estimate of drug-likeness (QED) is 0.805. The van der Waals surface area contributed by atoms with Crippen LogP contribution in [0.3, 0.4) is 0 Å². The summed E-state index contributed by atoms with van der Waals surface area (Å²) in [5, 5.41) is 18.5. The monoisotopic (exact) mass is 308 g/mol. The minimum Gasteiger partial charge on any atom is -0.478 e. The highest BCUT2D eigenvalue weighted by Gasteiger charge is 2.13. The average Bonchev–Trinajstić information content (AvgIpc) is 2.84. The van der Waals surface area contributed by atoms with Gasteiger partial charge >= 0.3 is 12.0 Å². The van der Waals surface area contributed by atoms with Crippen LogP contribution < -0.4 is 10.6 Å². The number of urea groups is 1. The van der Waals surface area contributed by atoms with E-state index in [9.17, 15) is 9.59 Å². The van der Waals surface area contributed by atoms with Crippen LogP contribution in [0.15, 0.2) is 30.5 Å². The Hall–Kier alpha value is -2.54. The molecule has 0 aliphatic heterocycles. The molecule has 1 aromatic heterocycles. The van der Waals surface area contributed by atoms with Crippen molar-refractivity contribution >= 4 is 29.3 Å². The normalized spacial score (nSPS) is 10.2. The van der Waals surface area contributed by atoms with Crippen molar-refractivity contribution in [3.05, 3.63) is 46.7 Å². The number of benzene rings is 1. The van der Waals surface area contributed by atoms with Gasteiger partial charge in [0, 0.05) is 18.3 Å². The molecule has 0 unspecified atom stereocenters. The number of aryl methyl sites for hydroxylation is 1. The maximum absolute atomic E-state index is 11.8. The molecule has 0 radical (unpaired) electrons. The third-order valence-corrected chi connectivity index (χ3v) is 2.89. The van der Waals surface area contributed by atoms with Gasteiger partial charge in [-0.2, -0.15) is 5.10 Å². The molecule has 21 heavy (non-hydrogen) atoms. The summed E-state index contributed by atoms with van der Waals surface area (Å²) in [7, 11) is 1.77. The largest absolute Gasteiger partial charge is 0.478 e. The Morgan fingerprint density at radius 3 is 2.76 bits per heavy atom. The number of rotatable bonds is 4. The van der Waals surface area contributed by atoms with E-state index in [-0.39, 0.29) is 22.8 Å². The minimum absolute atomic E-state index is 0.0736. The number of aromatic nitrogens is 2. The highest BCUT2D eigenvalue weighted by atomic mass is 35.5. The molecule has 0 atom stereocenters. The molecule has 0 bridgehead atoms. The van der Waals surface area contributed by atoms with Crippen LogP contribution in [0.5, 0.6) is 0 Å². The molecule has 0 spiro atoms. The summed E-state index contributed by atoms with van der Waals surface area (Å²) in [5.41, 5.74) is 0.795. The summed E-state index contributed by atoms with van der Waals surface area (Å²) in [5.74, 6) is -1.17. The van der Waals surface area contributed by atoms with Crippen molar-refractivity contribution in [2.24, 2.45) is 7.05 Å². The highest BCUT2D eigenvalue weighted by Crippen LogP contribution is 2.20. The van der Waals surface area contributed by atoms with Crippen molar-refractivity contribution < 1.29 is 14.7 Å². The van der Waals surface area contributed by atoms with Gasteiger partial charge in [-0.3, -0.25) is 4.68 Å². The molecule has 0 aliphatic rings. The van der Waals surface area contributed by atoms with Crippen LogP contribution in [0, 0.1) is 0 Å². The maximum atomic E-state index is 11.8. The summed E-state index contributed by atoms with van der Waals surface area (Å²) in [6.45, 7) is 0.239. The van der Waals surface area contributed by atoms with E-state index in [0.29, 0.717) is 5.69 Å². The van der Waals surface area contributed by atoms with Crippen molar-refractivity contribution in [2.75, 3.05) is 5.32 Å². The lowest BCUT2D eigenvalue weighted by Gasteiger charge is -2.09. The predicted molar refractivity (Wildman–Crippen MR) is 77.5 cm³/mol. The Morgan fingerprint density at radius 2 is 2.14 bits per heavy atom. The zero-order chi connectivity index (χ0) is 15.4. The molecule has 8 heteroatoms. The number of anilines is 1. The molecule has 110 valence electrons. The van der Waals surface area contributed by atoms with Crippen molar-refractivity contribution in [3.63, 3.8) is 0 Å². The third kappa shape index (κ3) is 3.96. The van der Waals surface area contributed by atoms with Crippen molar-refractivity contribution in [1.29, 1.82) is 0 Å². The lowest BCUT2D eigenvalue weighted by atomic mass is 10.2. The second kappa shape index (κ2) is 6.27. The van der Waals surface area contributed by atoms with Crippen molar-refractivity contribution in [2.45, 2.75) is 6.54 Å². The standard InChI is InChI=1S/C13H13ClN4O3/c1-18-5-4-9(17-18)7-15-13(21)16-11-3-2-8(14)6-10(11)12(19)20/h2-6H,7H2,1H3,(H,19,20)(H2,15,16,21). The molecule has 1 heterocycles. The van der Waals surface area contributed by atoms with E-state index in [1.165, 1.54) is 18.2 Å². The van der Waals surface area contributed by atoms with Gasteiger partial charge in [-0.25, -0.2) is 9.59 Å². The Kier molecular flexibility index (Phi) is 4.44. The smallest absolute Gasteiger partial charge is 0.337 e. The first-order valence-corrected chi connectivity index (χ1v) is 6.39. The number of carbonyl (C=O) groups excluding carboxylic acids is 1. The van der Waals surface area contributed by atoms with E-state index < -0.39 is 12.0 Å². The van der Waals surface area contributed by atoms with E-state index in [1.54, 1.807) is 24.0 Å². The van der Waals surface area contributed by atoms with Crippen LogP contribution in [0.25, 0.3) is 0 Å². The highest BCUT2D eigenvalue weighted by molar-refractivity contribution is 6.31. The number of carbonyl (C=O) groups is 2. The van der Waals surface area contributed by atoms with Crippen LogP contribution >= 0.6 is 11.6 Å². The van der Waals surface area contributed by atoms with E-state index in [1.807, 2.05) is 0 Å². The second-order valence-electron chi connectivity index (χ2n) is 4.28. The summed E-state index contributed by atoms with van der Waals surface area (Å²) in [6.07, 6.45) is 1.76. The molecule has 2 amide bonds. The van der Waals surface area contributed by atoms with E-state index in [0.717, 1.165) is 0 Å². The van der Waals surface area contributed by atoms with Gasteiger partial charge in [-0.15, -0.1) is 0 Å². The molecular formula is C13H13ClN4O3. The Morgan fingerprint density at radius 1 is 1.38 bits per heavy atom. The molecule has 0 aliphatic carbocycles. The van der Waals surface area contributed by atoms with Crippen molar-refractivity contribution in [3.8, 4) is 0 Å². The van der Waals surface area contributed by atoms with Gasteiger partial charge in [0.1, 0.15) is 0 Å². The van der Waals surface area contributed by atoms with Gasteiger partial charge in [0.25, 0.3) is 0 Å². The van der Waals surface area contributed by atoms with Gasteiger partial charge in [0.15, 0.2) is 0 Å². The molecule has 1 aromatic carbocycles. The number of aromatic carboxylic acids is 1. The average molecular weight is 309 g/mol. The zero-order valence-corrected chi connectivity index (χ0v) is 11.9. The molecule has 3 N–H and O–H groups in total. The van der Waals surface area contributed by atoms with Crippen LogP contribution in [0.1, 0.15) is 16.1 Å². The van der Waals surface area contributed by atoms with Crippen LogP contribution in [0.4, 0.5) is 10.5 Å². The zero-order valence-electron chi connectivity index (χ0n) is 11.1. The number of carboxylic acids is 1. The number of amides is 2. The van der Waals surface area contributed by atoms with Crippen LogP contribution in [-0.2, 0) is 13.6 Å². The fourth-order valence-electron chi connectivity index (χ4n) is 1.70. The van der Waals surface area contributed by atoms with E-state index in [4.69, 9.17) is 16.7 Å². The van der Waals surface area contributed by atoms with Gasteiger partial charge in [-0.1, -0.05) is 11.6 Å². The Bertz CT molecular complexity index is 684. The minimum atomic E-state index is -1.17. The van der Waals surface area contributed by atoms with E-state index in [2.05, 4.69) is 15.7 Å². The van der Waals surface area contributed by atoms with Gasteiger partial charge < -0.3 is 15.7 Å². The summed E-state index contributed by atoms with van der Waals surface area (Å²) >= 11 is 5.74. The second-order valence-corrected chi connectivity index (χ2v) is 4.72. The van der Waals surface area contributed by atoms with E-state index >= 15 is 0 Å². The number of carboxylic acid groups (broad SMARTS) is 1. The third-order valence-electron chi connectivity index (χ3n) is 2.66. The number of halogens is 1. The molecule has 0 saturated carbocycles. The lowest BCUT2D eigenvalue weighted by Crippen LogP contribution is -2.29. The first kappa shape index (κ1) is 14.9. The van der Waals surface area contributed by atoms with Crippen LogP contribution in [-0.4, -0.2) is 26.9 Å². The first-order chi connectivity index (χ1) is 9.95. The Labute approximate surface area is 125 Å². The fraction of sp³-hybridized carbons (Fsp3) is 0.154. The molecule has 7 nitrogen and oxygen atoms in total. The molecule has 2 aromatic rings. The molecule has 0 fully saturated rings. The maximum Gasteiger partial charge on any atom is 0.337 e. The van der Waals surface area contributed by atoms with Crippen molar-refractivity contribution in [1.82, 2.24) is 15.1 Å². The Balaban J connectivity index is 2.01. The molecular weight excluding hydrogens is 296 g/mol. The topological polar surface area (TPSA) is 96.2 Å². The molecule has 0 saturated heterocycles. The number of hydrogen-bond donors (Lipinski definition) is 3. The summed E-state index contributed by atoms with van der Waals surface area (Å²) < 4.78 is 1.62. The number of hydrogen-bond acceptors (Lipinski definition) is 3. The SMILES string of the molecule is Cn1ccc(CNC(=O)Nc2ccc(Cl)cc2C(=O)O)n1. The fourth-order valence-corrected chi connectivity index (χ4v) is 1.87. The van der Waals surface area contributed by atoms with Gasteiger partial charge in [-0.05, 0) is 24.3 Å². The number of nitrogens with one attached hydrogen (secondary N) is 2. The first-order valence-electron chi connectivity index (χ1n) is 6.02. The number of nitrogens with zero attached hydrogens (tertiary/aromatic N) is 2. The summed E-state index contributed by atoms with van der Waals surface area (Å²) in [4.78, 5) is 22.9. The predicted octanol–water partition coefficient (Wildman–Crippen LogP) is 2.09. The van der Waals surface area contributed by atoms with Gasteiger partial charge in [0.05, 0.1) is 23.5 Å². The van der Waals surface area contributed by atoms with Gasteiger partial charge in [0.2, 0.25) is 0 Å². The molecule has 2 rings (SSSR count). The van der Waals surface area contributed by atoms with Crippen LogP contribution in [0.2, 0.25) is 5.02 Å².